The lowest BCUT2D eigenvalue weighted by Crippen LogP contribution is -2.26. The van der Waals surface area contributed by atoms with Gasteiger partial charge in [0.15, 0.2) is 11.5 Å². The number of aryl methyl sites for hydroxylation is 1. The number of hydrogen-bond acceptors (Lipinski definition) is 6. The molecule has 3 aromatic carbocycles. The van der Waals surface area contributed by atoms with Gasteiger partial charge in [-0.3, -0.25) is 4.31 Å². The number of sulfonamides is 1. The molecule has 0 aromatic heterocycles. The summed E-state index contributed by atoms with van der Waals surface area (Å²) in [6, 6.07) is 19.2. The summed E-state index contributed by atoms with van der Waals surface area (Å²) < 4.78 is 38.2. The number of nitrogens with zero attached hydrogens (tertiary/aromatic N) is 2. The van der Waals surface area contributed by atoms with Crippen LogP contribution in [0.3, 0.4) is 0 Å². The van der Waals surface area contributed by atoms with Crippen LogP contribution in [0.4, 0.5) is 5.69 Å². The van der Waals surface area contributed by atoms with E-state index in [0.717, 1.165) is 9.87 Å². The lowest BCUT2D eigenvalue weighted by atomic mass is 10.2. The second kappa shape index (κ2) is 9.54. The summed E-state index contributed by atoms with van der Waals surface area (Å²) in [4.78, 5) is 12.7. The van der Waals surface area contributed by atoms with Crippen molar-refractivity contribution in [3.63, 3.8) is 0 Å². The normalized spacial score (nSPS) is 10.8. The third kappa shape index (κ3) is 4.90. The fraction of sp³-hybridized carbons (Fsp3) is 0.167. The van der Waals surface area contributed by atoms with Gasteiger partial charge in [0.25, 0.3) is 10.0 Å². The maximum Gasteiger partial charge on any atom is 0.343 e. The standard InChI is InChI=1S/C24H22N2O5S/c1-4-30-23-14-18(16-25)10-13-22(23)31-24(27)19-6-5-7-21(15-19)32(28,29)26(3)20-11-8-17(2)9-12-20/h5-15H,4H2,1-3H3. The molecule has 0 N–H and O–H groups in total. The minimum absolute atomic E-state index is 0.0418. The minimum atomic E-state index is -3.89. The molecule has 0 amide bonds. The molecule has 0 saturated carbocycles. The van der Waals surface area contributed by atoms with Gasteiger partial charge in [-0.2, -0.15) is 5.26 Å². The lowest BCUT2D eigenvalue weighted by Gasteiger charge is -2.20. The van der Waals surface area contributed by atoms with Crippen molar-refractivity contribution in [1.82, 2.24) is 0 Å². The zero-order valence-corrected chi connectivity index (χ0v) is 18.7. The van der Waals surface area contributed by atoms with E-state index in [1.807, 2.05) is 25.1 Å². The molecular formula is C24H22N2O5S. The van der Waals surface area contributed by atoms with Crippen LogP contribution >= 0.6 is 0 Å². The highest BCUT2D eigenvalue weighted by Gasteiger charge is 2.23. The average molecular weight is 451 g/mol. The summed E-state index contributed by atoms with van der Waals surface area (Å²) in [5.74, 6) is -0.352. The lowest BCUT2D eigenvalue weighted by molar-refractivity contribution is 0.0728. The summed E-state index contributed by atoms with van der Waals surface area (Å²) in [7, 11) is -2.44. The minimum Gasteiger partial charge on any atom is -0.490 e. The zero-order valence-electron chi connectivity index (χ0n) is 17.9. The van der Waals surface area contributed by atoms with Gasteiger partial charge < -0.3 is 9.47 Å². The molecule has 0 heterocycles. The Hall–Kier alpha value is -3.83. The molecule has 0 fully saturated rings. The fourth-order valence-corrected chi connectivity index (χ4v) is 4.17. The smallest absolute Gasteiger partial charge is 0.343 e. The first-order valence-electron chi connectivity index (χ1n) is 9.81. The summed E-state index contributed by atoms with van der Waals surface area (Å²) in [6.45, 7) is 4.00. The Morgan fingerprint density at radius 1 is 1.03 bits per heavy atom. The highest BCUT2D eigenvalue weighted by molar-refractivity contribution is 7.92. The van der Waals surface area contributed by atoms with Gasteiger partial charge in [0, 0.05) is 13.1 Å². The predicted octanol–water partition coefficient (Wildman–Crippen LogP) is 4.31. The van der Waals surface area contributed by atoms with Gasteiger partial charge in [0.1, 0.15) is 0 Å². The summed E-state index contributed by atoms with van der Waals surface area (Å²) in [6.07, 6.45) is 0. The molecule has 0 aliphatic heterocycles. The van der Waals surface area contributed by atoms with E-state index in [1.165, 1.54) is 49.5 Å². The Bertz CT molecular complexity index is 1280. The summed E-state index contributed by atoms with van der Waals surface area (Å²) in [5.41, 5.74) is 1.94. The van der Waals surface area contributed by atoms with Crippen molar-refractivity contribution in [2.45, 2.75) is 18.7 Å². The van der Waals surface area contributed by atoms with Crippen molar-refractivity contribution in [3.05, 3.63) is 83.4 Å². The van der Waals surface area contributed by atoms with E-state index < -0.39 is 16.0 Å². The van der Waals surface area contributed by atoms with Crippen molar-refractivity contribution in [2.75, 3.05) is 18.0 Å². The van der Waals surface area contributed by atoms with Gasteiger partial charge in [-0.05, 0) is 56.3 Å². The van der Waals surface area contributed by atoms with E-state index in [1.54, 1.807) is 19.1 Å². The van der Waals surface area contributed by atoms with E-state index in [9.17, 15) is 13.2 Å². The van der Waals surface area contributed by atoms with Gasteiger partial charge in [-0.15, -0.1) is 0 Å². The molecular weight excluding hydrogens is 428 g/mol. The van der Waals surface area contributed by atoms with Crippen LogP contribution < -0.4 is 13.8 Å². The number of rotatable bonds is 7. The molecule has 0 bridgehead atoms. The molecule has 0 radical (unpaired) electrons. The molecule has 0 aliphatic carbocycles. The Labute approximate surface area is 187 Å². The molecule has 0 atom stereocenters. The van der Waals surface area contributed by atoms with E-state index >= 15 is 0 Å². The fourth-order valence-electron chi connectivity index (χ4n) is 2.92. The molecule has 8 heteroatoms. The Morgan fingerprint density at radius 2 is 1.75 bits per heavy atom. The molecule has 0 aliphatic rings. The van der Waals surface area contributed by atoms with Crippen molar-refractivity contribution in [2.24, 2.45) is 0 Å². The predicted molar refractivity (Wildman–Crippen MR) is 120 cm³/mol. The van der Waals surface area contributed by atoms with Crippen molar-refractivity contribution in [3.8, 4) is 17.6 Å². The van der Waals surface area contributed by atoms with Crippen LogP contribution in [0.5, 0.6) is 11.5 Å². The van der Waals surface area contributed by atoms with Gasteiger partial charge in [0.05, 0.1) is 34.4 Å². The molecule has 3 rings (SSSR count). The van der Waals surface area contributed by atoms with Crippen LogP contribution in [0.25, 0.3) is 0 Å². The van der Waals surface area contributed by atoms with Gasteiger partial charge in [-0.25, -0.2) is 13.2 Å². The summed E-state index contributed by atoms with van der Waals surface area (Å²) in [5, 5.41) is 9.05. The summed E-state index contributed by atoms with van der Waals surface area (Å²) >= 11 is 0. The largest absolute Gasteiger partial charge is 0.490 e. The first-order valence-corrected chi connectivity index (χ1v) is 11.2. The SMILES string of the molecule is CCOc1cc(C#N)ccc1OC(=O)c1cccc(S(=O)(=O)N(C)c2ccc(C)cc2)c1. The van der Waals surface area contributed by atoms with E-state index in [4.69, 9.17) is 14.7 Å². The van der Waals surface area contributed by atoms with Gasteiger partial charge >= 0.3 is 5.97 Å². The number of esters is 1. The Morgan fingerprint density at radius 3 is 2.41 bits per heavy atom. The molecule has 3 aromatic rings. The second-order valence-electron chi connectivity index (χ2n) is 6.93. The van der Waals surface area contributed by atoms with Crippen molar-refractivity contribution < 1.29 is 22.7 Å². The van der Waals surface area contributed by atoms with Gasteiger partial charge in [-0.1, -0.05) is 23.8 Å². The van der Waals surface area contributed by atoms with E-state index in [-0.39, 0.29) is 22.0 Å². The third-order valence-electron chi connectivity index (χ3n) is 4.70. The number of carbonyl (C=O) groups excluding carboxylic acids is 1. The van der Waals surface area contributed by atoms with E-state index in [2.05, 4.69) is 0 Å². The molecule has 32 heavy (non-hydrogen) atoms. The Balaban J connectivity index is 1.88. The number of nitriles is 1. The topological polar surface area (TPSA) is 96.7 Å². The number of benzene rings is 3. The maximum absolute atomic E-state index is 13.1. The van der Waals surface area contributed by atoms with Crippen LogP contribution in [0.2, 0.25) is 0 Å². The number of anilines is 1. The zero-order chi connectivity index (χ0) is 23.3. The number of carbonyl (C=O) groups is 1. The molecule has 0 saturated heterocycles. The number of ether oxygens (including phenoxy) is 2. The highest BCUT2D eigenvalue weighted by atomic mass is 32.2. The Kier molecular flexibility index (Phi) is 6.81. The van der Waals surface area contributed by atoms with Crippen LogP contribution in [-0.2, 0) is 10.0 Å². The van der Waals surface area contributed by atoms with Crippen molar-refractivity contribution in [1.29, 1.82) is 5.26 Å². The maximum atomic E-state index is 13.1. The third-order valence-corrected chi connectivity index (χ3v) is 6.48. The average Bonchev–Trinajstić information content (AvgIpc) is 2.80. The van der Waals surface area contributed by atoms with Crippen LogP contribution in [0.15, 0.2) is 71.6 Å². The van der Waals surface area contributed by atoms with Crippen LogP contribution in [0.1, 0.15) is 28.4 Å². The quantitative estimate of drug-likeness (QED) is 0.393. The molecule has 0 unspecified atom stereocenters. The van der Waals surface area contributed by atoms with E-state index in [0.29, 0.717) is 17.9 Å². The number of hydrogen-bond donors (Lipinski definition) is 0. The first kappa shape index (κ1) is 22.8. The highest BCUT2D eigenvalue weighted by Crippen LogP contribution is 2.29. The molecule has 0 spiro atoms. The molecule has 164 valence electrons. The van der Waals surface area contributed by atoms with Crippen LogP contribution in [-0.4, -0.2) is 28.0 Å². The van der Waals surface area contributed by atoms with Crippen molar-refractivity contribution >= 4 is 21.7 Å². The monoisotopic (exact) mass is 450 g/mol. The van der Waals surface area contributed by atoms with Gasteiger partial charge in [0.2, 0.25) is 0 Å². The van der Waals surface area contributed by atoms with Crippen LogP contribution in [0, 0.1) is 18.3 Å². The first-order chi connectivity index (χ1) is 15.3. The second-order valence-corrected chi connectivity index (χ2v) is 8.90. The molecule has 7 nitrogen and oxygen atoms in total.